The monoisotopic (exact) mass is 701 g/mol. The van der Waals surface area contributed by atoms with Gasteiger partial charge in [-0.3, -0.25) is 4.98 Å². The van der Waals surface area contributed by atoms with Crippen molar-refractivity contribution in [1.29, 1.82) is 0 Å². The number of aromatic nitrogens is 1. The van der Waals surface area contributed by atoms with Crippen LogP contribution >= 0.6 is 0 Å². The van der Waals surface area contributed by atoms with Gasteiger partial charge in [0.1, 0.15) is 11.6 Å². The summed E-state index contributed by atoms with van der Waals surface area (Å²) in [5.41, 5.74) is 5.93. The fourth-order valence-electron chi connectivity index (χ4n) is 8.13. The lowest BCUT2D eigenvalue weighted by Gasteiger charge is -2.49. The van der Waals surface area contributed by atoms with E-state index < -0.39 is 17.7 Å². The van der Waals surface area contributed by atoms with E-state index in [1.807, 2.05) is 39.8 Å². The van der Waals surface area contributed by atoms with Crippen LogP contribution in [0.25, 0.3) is 11.1 Å². The normalized spacial score (nSPS) is 18.5. The first-order valence-corrected chi connectivity index (χ1v) is 18.8. The Morgan fingerprint density at radius 2 is 1.73 bits per heavy atom. The van der Waals surface area contributed by atoms with Gasteiger partial charge >= 0.3 is 5.97 Å². The maximum atomic E-state index is 13.4. The summed E-state index contributed by atoms with van der Waals surface area (Å²) < 4.78 is 31.5. The van der Waals surface area contributed by atoms with Crippen LogP contribution in [0.15, 0.2) is 48.5 Å². The number of ether oxygens (including phenoxy) is 3. The number of piperidine rings is 1. The van der Waals surface area contributed by atoms with Gasteiger partial charge in [0.05, 0.1) is 23.6 Å². The van der Waals surface area contributed by atoms with Crippen molar-refractivity contribution in [2.45, 2.75) is 97.3 Å². The van der Waals surface area contributed by atoms with E-state index in [2.05, 4.69) is 29.0 Å². The molecule has 0 radical (unpaired) electrons. The van der Waals surface area contributed by atoms with Crippen LogP contribution in [0.3, 0.4) is 0 Å². The third-order valence-electron chi connectivity index (χ3n) is 11.0. The zero-order valence-electron chi connectivity index (χ0n) is 31.2. The molecular formula is C42H56FN3O5. The molecule has 2 aliphatic heterocycles. The topological polar surface area (TPSA) is 84.4 Å². The summed E-state index contributed by atoms with van der Waals surface area (Å²) in [6, 6.07) is 14.6. The molecule has 1 spiro atoms. The van der Waals surface area contributed by atoms with E-state index in [0.29, 0.717) is 42.2 Å². The van der Waals surface area contributed by atoms with Crippen molar-refractivity contribution in [2.75, 3.05) is 51.4 Å². The number of carboxylic acid groups (broad SMARTS) is 1. The molecular weight excluding hydrogens is 645 g/mol. The Bertz CT molecular complexity index is 1620. The van der Waals surface area contributed by atoms with E-state index in [9.17, 15) is 14.3 Å². The number of anilines is 1. The molecule has 9 heteroatoms. The quantitative estimate of drug-likeness (QED) is 0.190. The number of hydrogen-bond acceptors (Lipinski definition) is 7. The highest BCUT2D eigenvalue weighted by Crippen LogP contribution is 2.51. The molecule has 1 atom stereocenters. The van der Waals surface area contributed by atoms with E-state index in [4.69, 9.17) is 19.2 Å². The number of hydrogen-bond donors (Lipinski definition) is 1. The molecule has 1 aromatic heterocycles. The van der Waals surface area contributed by atoms with Gasteiger partial charge < -0.3 is 29.1 Å². The maximum absolute atomic E-state index is 13.4. The standard InChI is InChI=1S/C42H56FN3O5/c1-29-36(39(40(47)48)51-41(2,3)4)38(46-22-20-42(21-23-46)18-6-19-42)37(35(44-29)28-45(5)27-31-15-24-49-25-16-31)32-9-13-34(14-10-32)50-26-17-30-7-11-33(43)12-8-30/h7-14,31,39H,6,15-28H2,1-5H3,(H,47,48). The van der Waals surface area contributed by atoms with Gasteiger partial charge in [-0.2, -0.15) is 0 Å². The molecule has 1 N–H and O–H groups in total. The molecule has 2 saturated heterocycles. The minimum absolute atomic E-state index is 0.246. The second kappa shape index (κ2) is 16.0. The van der Waals surface area contributed by atoms with Crippen LogP contribution in [0.4, 0.5) is 10.1 Å². The highest BCUT2D eigenvalue weighted by Gasteiger charge is 2.42. The lowest BCUT2D eigenvalue weighted by molar-refractivity contribution is -0.160. The minimum Gasteiger partial charge on any atom is -0.493 e. The second-order valence-electron chi connectivity index (χ2n) is 16.1. The van der Waals surface area contributed by atoms with Crippen LogP contribution in [0.5, 0.6) is 5.75 Å². The molecule has 1 aliphatic carbocycles. The summed E-state index contributed by atoms with van der Waals surface area (Å²) >= 11 is 0. The molecule has 2 aromatic carbocycles. The Morgan fingerprint density at radius 1 is 1.06 bits per heavy atom. The van der Waals surface area contributed by atoms with Crippen LogP contribution in [-0.4, -0.2) is 73.1 Å². The van der Waals surface area contributed by atoms with Gasteiger partial charge in [0.15, 0.2) is 6.10 Å². The van der Waals surface area contributed by atoms with Crippen molar-refractivity contribution in [3.63, 3.8) is 0 Å². The molecule has 1 saturated carbocycles. The molecule has 1 unspecified atom stereocenters. The Morgan fingerprint density at radius 3 is 2.31 bits per heavy atom. The van der Waals surface area contributed by atoms with Gasteiger partial charge in [-0.25, -0.2) is 9.18 Å². The van der Waals surface area contributed by atoms with Crippen LogP contribution < -0.4 is 9.64 Å². The lowest BCUT2D eigenvalue weighted by Crippen LogP contribution is -2.44. The fourth-order valence-corrected chi connectivity index (χ4v) is 8.13. The average molecular weight is 702 g/mol. The summed E-state index contributed by atoms with van der Waals surface area (Å²) in [5.74, 6) is 0.0500. The number of nitrogens with zero attached hydrogens (tertiary/aromatic N) is 3. The predicted octanol–water partition coefficient (Wildman–Crippen LogP) is 8.39. The molecule has 8 nitrogen and oxygen atoms in total. The molecule has 0 bridgehead atoms. The zero-order valence-corrected chi connectivity index (χ0v) is 31.2. The molecule has 3 aromatic rings. The molecule has 0 amide bonds. The predicted molar refractivity (Wildman–Crippen MR) is 199 cm³/mol. The number of pyridine rings is 1. The van der Waals surface area contributed by atoms with Crippen LogP contribution in [0.1, 0.15) is 94.3 Å². The van der Waals surface area contributed by atoms with Crippen molar-refractivity contribution >= 4 is 11.7 Å². The number of halogens is 1. The molecule has 3 heterocycles. The summed E-state index contributed by atoms with van der Waals surface area (Å²) in [4.78, 5) is 23.1. The first kappa shape index (κ1) is 37.2. The maximum Gasteiger partial charge on any atom is 0.337 e. The second-order valence-corrected chi connectivity index (χ2v) is 16.1. The molecule has 276 valence electrons. The third-order valence-corrected chi connectivity index (χ3v) is 11.0. The van der Waals surface area contributed by atoms with Crippen LogP contribution in [-0.2, 0) is 27.2 Å². The summed E-state index contributed by atoms with van der Waals surface area (Å²) in [6.07, 6.45) is 7.67. The van der Waals surface area contributed by atoms with Crippen LogP contribution in [0, 0.1) is 24.1 Å². The van der Waals surface area contributed by atoms with Gasteiger partial charge in [-0.05, 0) is 120 Å². The number of aryl methyl sites for hydroxylation is 1. The van der Waals surface area contributed by atoms with E-state index in [-0.39, 0.29) is 5.82 Å². The smallest absolute Gasteiger partial charge is 0.337 e. The number of carboxylic acids is 1. The van der Waals surface area contributed by atoms with Crippen LogP contribution in [0.2, 0.25) is 0 Å². The van der Waals surface area contributed by atoms with Crippen molar-refractivity contribution in [1.82, 2.24) is 9.88 Å². The Balaban J connectivity index is 1.39. The number of carbonyl (C=O) groups is 1. The molecule has 51 heavy (non-hydrogen) atoms. The zero-order chi connectivity index (χ0) is 36.2. The minimum atomic E-state index is -1.17. The van der Waals surface area contributed by atoms with Crippen molar-refractivity contribution in [3.8, 4) is 16.9 Å². The van der Waals surface area contributed by atoms with Gasteiger partial charge in [0, 0.05) is 62.6 Å². The van der Waals surface area contributed by atoms with E-state index in [0.717, 1.165) is 92.4 Å². The lowest BCUT2D eigenvalue weighted by atomic mass is 9.63. The fraction of sp³-hybridized carbons (Fsp3) is 0.571. The third kappa shape index (κ3) is 9.29. The Labute approximate surface area is 303 Å². The van der Waals surface area contributed by atoms with Gasteiger partial charge in [0.2, 0.25) is 0 Å². The highest BCUT2D eigenvalue weighted by molar-refractivity contribution is 5.88. The van der Waals surface area contributed by atoms with Crippen molar-refractivity contribution < 1.29 is 28.5 Å². The van der Waals surface area contributed by atoms with E-state index in [1.165, 1.54) is 31.4 Å². The Kier molecular flexibility index (Phi) is 11.7. The van der Waals surface area contributed by atoms with E-state index in [1.54, 1.807) is 12.1 Å². The first-order chi connectivity index (χ1) is 24.4. The molecule has 3 aliphatic rings. The molecule has 6 rings (SSSR count). The van der Waals surface area contributed by atoms with E-state index >= 15 is 0 Å². The van der Waals surface area contributed by atoms with Crippen molar-refractivity contribution in [2.24, 2.45) is 11.3 Å². The Hall–Kier alpha value is -3.53. The summed E-state index contributed by atoms with van der Waals surface area (Å²) in [6.45, 7) is 13.0. The first-order valence-electron chi connectivity index (χ1n) is 18.8. The number of benzene rings is 2. The summed E-state index contributed by atoms with van der Waals surface area (Å²) in [5, 5.41) is 10.7. The average Bonchev–Trinajstić information content (AvgIpc) is 3.08. The van der Waals surface area contributed by atoms with Gasteiger partial charge in [-0.1, -0.05) is 30.7 Å². The number of rotatable bonds is 13. The largest absolute Gasteiger partial charge is 0.493 e. The van der Waals surface area contributed by atoms with Crippen molar-refractivity contribution in [3.05, 3.63) is 76.9 Å². The SMILES string of the molecule is Cc1nc(CN(C)CC2CCOCC2)c(-c2ccc(OCCc3ccc(F)cc3)cc2)c(N2CCC3(CCC3)CC2)c1C(OC(C)(C)C)C(=O)O. The molecule has 3 fully saturated rings. The van der Waals surface area contributed by atoms with Gasteiger partial charge in [-0.15, -0.1) is 0 Å². The highest BCUT2D eigenvalue weighted by atomic mass is 19.1. The van der Waals surface area contributed by atoms with Gasteiger partial charge in [0.25, 0.3) is 0 Å². The number of aliphatic carboxylic acids is 1. The summed E-state index contributed by atoms with van der Waals surface area (Å²) in [7, 11) is 2.16.